The standard InChI is InChI=1S/C18H17N5O5S2/c24-12(6-10-4-2-1-3-5-10)21-13-15(25)23-14(17(26)27)11(8-30(28)16(13)23)7-29-18-19-9-20-22-18/h1-5,9,13,16H,6-8H2,(H,21,24)(H,26,27)(H,19,20,22)/t13?,16-,30?/m0/s1. The van der Waals surface area contributed by atoms with E-state index >= 15 is 0 Å². The smallest absolute Gasteiger partial charge is 0.352 e. The highest BCUT2D eigenvalue weighted by Gasteiger charge is 2.60. The van der Waals surface area contributed by atoms with E-state index in [0.717, 1.165) is 10.5 Å². The monoisotopic (exact) mass is 447 g/mol. The number of carbonyl (C=O) groups excluding carboxylic acids is 2. The maximum absolute atomic E-state index is 12.8. The summed E-state index contributed by atoms with van der Waals surface area (Å²) < 4.78 is 12.8. The number of carboxylic acids is 1. The van der Waals surface area contributed by atoms with Crippen molar-refractivity contribution in [1.29, 1.82) is 0 Å². The van der Waals surface area contributed by atoms with Gasteiger partial charge in [0.05, 0.1) is 6.42 Å². The number of nitrogens with one attached hydrogen (secondary N) is 2. The van der Waals surface area contributed by atoms with Crippen molar-refractivity contribution in [2.24, 2.45) is 0 Å². The maximum Gasteiger partial charge on any atom is 0.352 e. The van der Waals surface area contributed by atoms with Crippen molar-refractivity contribution < 1.29 is 24.0 Å². The van der Waals surface area contributed by atoms with Crippen molar-refractivity contribution >= 4 is 40.7 Å². The topological polar surface area (TPSA) is 151 Å². The van der Waals surface area contributed by atoms with Gasteiger partial charge in [-0.15, -0.1) is 5.10 Å². The first-order valence-corrected chi connectivity index (χ1v) is 11.3. The van der Waals surface area contributed by atoms with Crippen LogP contribution in [0.3, 0.4) is 0 Å². The highest BCUT2D eigenvalue weighted by Crippen LogP contribution is 2.38. The van der Waals surface area contributed by atoms with Crippen LogP contribution in [0.2, 0.25) is 0 Å². The highest BCUT2D eigenvalue weighted by atomic mass is 32.2. The molecule has 1 fully saturated rings. The molecule has 30 heavy (non-hydrogen) atoms. The van der Waals surface area contributed by atoms with Gasteiger partial charge in [0, 0.05) is 11.3 Å². The van der Waals surface area contributed by atoms with Gasteiger partial charge in [-0.25, -0.2) is 9.78 Å². The molecule has 2 aromatic rings. The number of hydrogen-bond acceptors (Lipinski definition) is 7. The van der Waals surface area contributed by atoms with Gasteiger partial charge in [0.1, 0.15) is 17.8 Å². The number of β-lactam (4-membered cyclic amide) rings is 1. The summed E-state index contributed by atoms with van der Waals surface area (Å²) in [6.07, 6.45) is 1.47. The van der Waals surface area contributed by atoms with Crippen molar-refractivity contribution in [3.05, 3.63) is 53.5 Å². The van der Waals surface area contributed by atoms with Gasteiger partial charge in [-0.2, -0.15) is 0 Å². The molecule has 2 aliphatic heterocycles. The summed E-state index contributed by atoms with van der Waals surface area (Å²) in [4.78, 5) is 41.8. The molecule has 12 heteroatoms. The number of amides is 2. The van der Waals surface area contributed by atoms with Gasteiger partial charge < -0.3 is 15.0 Å². The van der Waals surface area contributed by atoms with E-state index in [1.165, 1.54) is 18.1 Å². The van der Waals surface area contributed by atoms with Crippen LogP contribution in [0.5, 0.6) is 0 Å². The van der Waals surface area contributed by atoms with Crippen LogP contribution in [0.15, 0.2) is 53.1 Å². The lowest BCUT2D eigenvalue weighted by molar-refractivity contribution is -0.151. The summed E-state index contributed by atoms with van der Waals surface area (Å²) in [6.45, 7) is 0. The largest absolute Gasteiger partial charge is 0.614 e. The first-order chi connectivity index (χ1) is 14.5. The Hall–Kier alpha value is -2.83. The number of aromatic amines is 1. The second-order valence-electron chi connectivity index (χ2n) is 6.66. The molecule has 156 valence electrons. The van der Waals surface area contributed by atoms with E-state index < -0.39 is 34.5 Å². The number of aromatic nitrogens is 3. The number of H-pyrrole nitrogens is 1. The summed E-state index contributed by atoms with van der Waals surface area (Å²) in [6, 6.07) is 8.01. The van der Waals surface area contributed by atoms with Gasteiger partial charge >= 0.3 is 5.97 Å². The molecule has 3 atom stereocenters. The van der Waals surface area contributed by atoms with Crippen LogP contribution >= 0.6 is 11.8 Å². The lowest BCUT2D eigenvalue weighted by Crippen LogP contribution is -2.75. The fraction of sp³-hybridized carbons (Fsp3) is 0.278. The molecule has 10 nitrogen and oxygen atoms in total. The maximum atomic E-state index is 12.8. The van der Waals surface area contributed by atoms with Crippen molar-refractivity contribution in [1.82, 2.24) is 25.4 Å². The van der Waals surface area contributed by atoms with E-state index in [9.17, 15) is 24.0 Å². The normalized spacial score (nSPS) is 23.0. The highest BCUT2D eigenvalue weighted by molar-refractivity contribution is 7.99. The Kier molecular flexibility index (Phi) is 5.79. The molecule has 0 saturated carbocycles. The van der Waals surface area contributed by atoms with Crippen molar-refractivity contribution in [2.75, 3.05) is 11.5 Å². The van der Waals surface area contributed by atoms with Gasteiger partial charge in [0.15, 0.2) is 6.04 Å². The summed E-state index contributed by atoms with van der Waals surface area (Å²) >= 11 is -0.369. The fourth-order valence-electron chi connectivity index (χ4n) is 3.39. The zero-order valence-electron chi connectivity index (χ0n) is 15.5. The molecular weight excluding hydrogens is 430 g/mol. The first kappa shape index (κ1) is 20.4. The second kappa shape index (κ2) is 8.50. The minimum absolute atomic E-state index is 0.00143. The number of aliphatic carboxylic acids is 1. The minimum Gasteiger partial charge on any atom is -0.614 e. The summed E-state index contributed by atoms with van der Waals surface area (Å²) in [5.74, 6) is -2.05. The third-order valence-corrected chi connectivity index (χ3v) is 7.30. The molecule has 0 bridgehead atoms. The SMILES string of the molecule is O=C(Cc1ccccc1)NC1C(=O)N2C(C(=O)O)=C(CSc3nc[nH]n3)C[S+]([O-])[C@@H]12. The fourth-order valence-corrected chi connectivity index (χ4v) is 5.99. The molecule has 3 N–H and O–H groups in total. The Balaban J connectivity index is 1.48. The van der Waals surface area contributed by atoms with E-state index in [2.05, 4.69) is 20.5 Å². The van der Waals surface area contributed by atoms with Gasteiger partial charge in [0.2, 0.25) is 16.4 Å². The predicted octanol–water partition coefficient (Wildman–Crippen LogP) is -0.106. The van der Waals surface area contributed by atoms with Gasteiger partial charge in [-0.05, 0) is 16.7 Å². The van der Waals surface area contributed by atoms with Crippen LogP contribution in [0, 0.1) is 0 Å². The number of nitrogens with zero attached hydrogens (tertiary/aromatic N) is 3. The summed E-state index contributed by atoms with van der Waals surface area (Å²) in [5, 5.41) is 18.2. The molecule has 0 spiro atoms. The molecule has 1 aromatic carbocycles. The Labute approximate surface area is 178 Å². The van der Waals surface area contributed by atoms with Crippen LogP contribution in [0.25, 0.3) is 0 Å². The Morgan fingerprint density at radius 2 is 2.13 bits per heavy atom. The number of fused-ring (bicyclic) bond motifs is 1. The molecule has 2 amide bonds. The molecule has 3 heterocycles. The Morgan fingerprint density at radius 1 is 1.37 bits per heavy atom. The Morgan fingerprint density at radius 3 is 2.80 bits per heavy atom. The van der Waals surface area contributed by atoms with Crippen molar-refractivity contribution in [2.45, 2.75) is 23.0 Å². The quantitative estimate of drug-likeness (QED) is 0.302. The van der Waals surface area contributed by atoms with Crippen LogP contribution in [-0.2, 0) is 32.0 Å². The number of rotatable bonds is 7. The van der Waals surface area contributed by atoms with Crippen LogP contribution < -0.4 is 5.32 Å². The zero-order chi connectivity index (χ0) is 21.3. The molecule has 1 saturated heterocycles. The zero-order valence-corrected chi connectivity index (χ0v) is 17.1. The lowest BCUT2D eigenvalue weighted by Gasteiger charge is -2.49. The third-order valence-electron chi connectivity index (χ3n) is 4.70. The molecule has 0 radical (unpaired) electrons. The molecule has 0 aliphatic carbocycles. The molecule has 2 aliphatic rings. The van der Waals surface area contributed by atoms with Crippen molar-refractivity contribution in [3.8, 4) is 0 Å². The van der Waals surface area contributed by atoms with E-state index in [4.69, 9.17) is 0 Å². The van der Waals surface area contributed by atoms with Crippen LogP contribution in [-0.4, -0.2) is 70.4 Å². The Bertz CT molecular complexity index is 998. The van der Waals surface area contributed by atoms with E-state index in [-0.39, 0.29) is 29.5 Å². The van der Waals surface area contributed by atoms with Gasteiger partial charge in [-0.1, -0.05) is 42.1 Å². The van der Waals surface area contributed by atoms with E-state index in [1.54, 1.807) is 24.3 Å². The average molecular weight is 447 g/mol. The average Bonchev–Trinajstić information content (AvgIpc) is 3.24. The summed E-state index contributed by atoms with van der Waals surface area (Å²) in [5.41, 5.74) is 0.969. The minimum atomic E-state index is -1.55. The number of hydrogen-bond donors (Lipinski definition) is 3. The van der Waals surface area contributed by atoms with E-state index in [1.807, 2.05) is 6.07 Å². The number of benzene rings is 1. The molecule has 1 aromatic heterocycles. The second-order valence-corrected chi connectivity index (χ2v) is 9.13. The lowest BCUT2D eigenvalue weighted by atomic mass is 10.0. The van der Waals surface area contributed by atoms with E-state index in [0.29, 0.717) is 10.7 Å². The van der Waals surface area contributed by atoms with Crippen molar-refractivity contribution in [3.63, 3.8) is 0 Å². The summed E-state index contributed by atoms with van der Waals surface area (Å²) in [7, 11) is 0. The van der Waals surface area contributed by atoms with Crippen LogP contribution in [0.1, 0.15) is 5.56 Å². The molecular formula is C18H17N5O5S2. The third kappa shape index (κ3) is 3.93. The number of carbonyl (C=O) groups is 3. The number of carboxylic acid groups (broad SMARTS) is 1. The molecule has 4 rings (SSSR count). The van der Waals surface area contributed by atoms with Gasteiger partial charge in [-0.3, -0.25) is 19.6 Å². The number of thioether (sulfide) groups is 1. The molecule has 2 unspecified atom stereocenters. The van der Waals surface area contributed by atoms with Gasteiger partial charge in [0.25, 0.3) is 5.91 Å². The van der Waals surface area contributed by atoms with Crippen LogP contribution in [0.4, 0.5) is 0 Å². The first-order valence-electron chi connectivity index (χ1n) is 8.93. The predicted molar refractivity (Wildman–Crippen MR) is 107 cm³/mol.